The number of fused-ring (bicyclic) bond motifs is 1. The van der Waals surface area contributed by atoms with Gasteiger partial charge in [0.25, 0.3) is 11.8 Å². The van der Waals surface area contributed by atoms with E-state index < -0.39 is 11.6 Å². The van der Waals surface area contributed by atoms with Crippen LogP contribution in [0.1, 0.15) is 43.0 Å². The summed E-state index contributed by atoms with van der Waals surface area (Å²) in [6.07, 6.45) is 0.874. The number of hydrogen-bond acceptors (Lipinski definition) is 5. The van der Waals surface area contributed by atoms with Gasteiger partial charge < -0.3 is 25.0 Å². The van der Waals surface area contributed by atoms with Crippen molar-refractivity contribution in [2.45, 2.75) is 26.1 Å². The molecule has 2 amide bonds. The molecule has 5 rings (SSSR count). The molecule has 2 N–H and O–H groups in total. The number of amides is 2. The fourth-order valence-electron chi connectivity index (χ4n) is 4.99. The van der Waals surface area contributed by atoms with Gasteiger partial charge in [0.05, 0.1) is 20.8 Å². The molecule has 7 nitrogen and oxygen atoms in total. The minimum atomic E-state index is -0.985. The summed E-state index contributed by atoms with van der Waals surface area (Å²) >= 11 is 0. The van der Waals surface area contributed by atoms with Crippen LogP contribution in [0.25, 0.3) is 0 Å². The molecule has 1 heterocycles. The summed E-state index contributed by atoms with van der Waals surface area (Å²) in [7, 11) is 3.01. The van der Waals surface area contributed by atoms with E-state index in [1.54, 1.807) is 42.5 Å². The quantitative estimate of drug-likeness (QED) is 0.281. The molecule has 0 saturated carbocycles. The number of rotatable bonds is 9. The molecule has 216 valence electrons. The van der Waals surface area contributed by atoms with E-state index in [-0.39, 0.29) is 30.5 Å². The van der Waals surface area contributed by atoms with Gasteiger partial charge in [-0.15, -0.1) is 0 Å². The molecule has 9 heteroatoms. The average Bonchev–Trinajstić information content (AvgIpc) is 3.03. The lowest BCUT2D eigenvalue weighted by molar-refractivity contribution is 0.0949. The van der Waals surface area contributed by atoms with Crippen molar-refractivity contribution in [3.05, 3.63) is 124 Å². The van der Waals surface area contributed by atoms with Crippen molar-refractivity contribution < 1.29 is 27.8 Å². The van der Waals surface area contributed by atoms with E-state index in [1.807, 2.05) is 18.2 Å². The number of ether oxygens (including phenoxy) is 2. The van der Waals surface area contributed by atoms with E-state index in [0.29, 0.717) is 40.4 Å². The molecule has 0 fully saturated rings. The molecule has 0 spiro atoms. The molecule has 0 bridgehead atoms. The second-order valence-corrected chi connectivity index (χ2v) is 9.94. The van der Waals surface area contributed by atoms with Crippen molar-refractivity contribution in [2.75, 3.05) is 25.7 Å². The number of benzene rings is 4. The Morgan fingerprint density at radius 2 is 1.69 bits per heavy atom. The molecule has 0 aliphatic carbocycles. The highest BCUT2D eigenvalue weighted by atomic mass is 19.2. The Bertz CT molecular complexity index is 1630. The third-order valence-corrected chi connectivity index (χ3v) is 7.27. The first-order valence-electron chi connectivity index (χ1n) is 13.5. The first kappa shape index (κ1) is 28.8. The lowest BCUT2D eigenvalue weighted by atomic mass is 9.99. The van der Waals surface area contributed by atoms with Gasteiger partial charge in [-0.3, -0.25) is 9.59 Å². The number of carbonyl (C=O) groups is 2. The Hall–Kier alpha value is -4.76. The van der Waals surface area contributed by atoms with Crippen molar-refractivity contribution in [3.63, 3.8) is 0 Å². The zero-order valence-electron chi connectivity index (χ0n) is 23.4. The average molecular weight is 572 g/mol. The Morgan fingerprint density at radius 3 is 2.50 bits per heavy atom. The van der Waals surface area contributed by atoms with Gasteiger partial charge in [-0.05, 0) is 78.2 Å². The second kappa shape index (κ2) is 12.8. The van der Waals surface area contributed by atoms with Gasteiger partial charge >= 0.3 is 0 Å². The van der Waals surface area contributed by atoms with E-state index in [1.165, 1.54) is 36.8 Å². The summed E-state index contributed by atoms with van der Waals surface area (Å²) in [5.74, 6) is -1.71. The van der Waals surface area contributed by atoms with Gasteiger partial charge in [0.15, 0.2) is 23.1 Å². The van der Waals surface area contributed by atoms with Crippen LogP contribution in [0.4, 0.5) is 14.5 Å². The molecule has 0 unspecified atom stereocenters. The number of halogens is 2. The lowest BCUT2D eigenvalue weighted by Crippen LogP contribution is -2.32. The number of carbonyl (C=O) groups excluding carboxylic acids is 2. The summed E-state index contributed by atoms with van der Waals surface area (Å²) in [5.41, 5.74) is 4.33. The Labute approximate surface area is 243 Å². The molecule has 0 atom stereocenters. The Kier molecular flexibility index (Phi) is 8.78. The summed E-state index contributed by atoms with van der Waals surface area (Å²) in [6, 6.07) is 21.4. The smallest absolute Gasteiger partial charge is 0.258 e. The molecule has 0 radical (unpaired) electrons. The summed E-state index contributed by atoms with van der Waals surface area (Å²) in [5, 5.41) is 6.19. The molecule has 4 aromatic rings. The largest absolute Gasteiger partial charge is 0.493 e. The van der Waals surface area contributed by atoms with E-state index in [9.17, 15) is 18.4 Å². The van der Waals surface area contributed by atoms with Crippen LogP contribution in [-0.2, 0) is 26.1 Å². The van der Waals surface area contributed by atoms with Crippen molar-refractivity contribution in [1.82, 2.24) is 10.6 Å². The molecule has 1 aliphatic rings. The third kappa shape index (κ3) is 6.26. The molecule has 1 aliphatic heterocycles. The normalized spacial score (nSPS) is 12.3. The van der Waals surface area contributed by atoms with Crippen molar-refractivity contribution in [1.29, 1.82) is 0 Å². The summed E-state index contributed by atoms with van der Waals surface area (Å²) < 4.78 is 39.3. The molecule has 42 heavy (non-hydrogen) atoms. The highest BCUT2D eigenvalue weighted by Gasteiger charge is 2.23. The highest BCUT2D eigenvalue weighted by molar-refractivity contribution is 6.06. The van der Waals surface area contributed by atoms with Crippen LogP contribution in [0.3, 0.4) is 0 Å². The fourth-order valence-corrected chi connectivity index (χ4v) is 4.99. The first-order valence-corrected chi connectivity index (χ1v) is 13.5. The van der Waals surface area contributed by atoms with Gasteiger partial charge in [-0.2, -0.15) is 0 Å². The SMILES string of the molecule is COc1ccc(C(=O)NCc2cccc(C(=O)N(Cc3cccc(F)c3F)c3ccc4c(c3)CNCC4)c2)cc1OC. The Balaban J connectivity index is 1.39. The van der Waals surface area contributed by atoms with Crippen molar-refractivity contribution in [3.8, 4) is 11.5 Å². The maximum absolute atomic E-state index is 14.7. The maximum atomic E-state index is 14.7. The van der Waals surface area contributed by atoms with Crippen LogP contribution >= 0.6 is 0 Å². The standard InChI is InChI=1S/C33H31F2N3O4/c1-41-29-12-10-23(17-30(29)42-2)32(39)37-18-21-5-3-6-24(15-21)33(40)38(20-25-7-4-8-28(34)31(25)35)27-11-9-22-13-14-36-19-26(22)16-27/h3-12,15-17,36H,13-14,18-20H2,1-2H3,(H,37,39). The van der Waals surface area contributed by atoms with E-state index in [0.717, 1.165) is 24.6 Å². The molecular weight excluding hydrogens is 540 g/mol. The maximum Gasteiger partial charge on any atom is 0.258 e. The second-order valence-electron chi connectivity index (χ2n) is 9.94. The van der Waals surface area contributed by atoms with Gasteiger partial charge in [0.2, 0.25) is 0 Å². The van der Waals surface area contributed by atoms with Gasteiger partial charge in [-0.1, -0.05) is 30.3 Å². The van der Waals surface area contributed by atoms with Gasteiger partial charge in [0, 0.05) is 35.5 Å². The zero-order chi connectivity index (χ0) is 29.6. The molecular formula is C33H31F2N3O4. The molecule has 0 saturated heterocycles. The topological polar surface area (TPSA) is 79.9 Å². The predicted octanol–water partition coefficient (Wildman–Crippen LogP) is 5.40. The van der Waals surface area contributed by atoms with E-state index >= 15 is 0 Å². The van der Waals surface area contributed by atoms with Crippen molar-refractivity contribution >= 4 is 17.5 Å². The van der Waals surface area contributed by atoms with E-state index in [4.69, 9.17) is 9.47 Å². The summed E-state index contributed by atoms with van der Waals surface area (Å²) in [4.78, 5) is 28.2. The van der Waals surface area contributed by atoms with E-state index in [2.05, 4.69) is 10.6 Å². The number of nitrogens with zero attached hydrogens (tertiary/aromatic N) is 1. The minimum Gasteiger partial charge on any atom is -0.493 e. The molecule has 0 aromatic heterocycles. The molecule has 4 aromatic carbocycles. The van der Waals surface area contributed by atoms with Gasteiger partial charge in [-0.25, -0.2) is 8.78 Å². The highest BCUT2D eigenvalue weighted by Crippen LogP contribution is 2.28. The number of nitrogens with one attached hydrogen (secondary N) is 2. The first-order chi connectivity index (χ1) is 20.4. The van der Waals surface area contributed by atoms with Gasteiger partial charge in [0.1, 0.15) is 0 Å². The monoisotopic (exact) mass is 571 g/mol. The predicted molar refractivity (Wildman–Crippen MR) is 156 cm³/mol. The van der Waals surface area contributed by atoms with Crippen LogP contribution in [0.2, 0.25) is 0 Å². The van der Waals surface area contributed by atoms with Crippen LogP contribution in [0.15, 0.2) is 78.9 Å². The van der Waals surface area contributed by atoms with Crippen LogP contribution in [-0.4, -0.2) is 32.6 Å². The number of anilines is 1. The van der Waals surface area contributed by atoms with Crippen LogP contribution in [0.5, 0.6) is 11.5 Å². The van der Waals surface area contributed by atoms with Crippen LogP contribution < -0.4 is 25.0 Å². The number of hydrogen-bond donors (Lipinski definition) is 2. The van der Waals surface area contributed by atoms with Crippen LogP contribution in [0, 0.1) is 11.6 Å². The minimum absolute atomic E-state index is 0.0672. The Morgan fingerprint density at radius 1 is 0.881 bits per heavy atom. The number of methoxy groups -OCH3 is 2. The zero-order valence-corrected chi connectivity index (χ0v) is 23.4. The lowest BCUT2D eigenvalue weighted by Gasteiger charge is -2.26. The third-order valence-electron chi connectivity index (χ3n) is 7.27. The van der Waals surface area contributed by atoms with Crippen molar-refractivity contribution in [2.24, 2.45) is 0 Å². The fraction of sp³-hybridized carbons (Fsp3) is 0.212. The summed E-state index contributed by atoms with van der Waals surface area (Å²) in [6.45, 7) is 1.54.